The highest BCUT2D eigenvalue weighted by Crippen LogP contribution is 2.40. The van der Waals surface area contributed by atoms with Gasteiger partial charge in [0.1, 0.15) is 29.4 Å². The molecular weight excluding hydrogens is 640 g/mol. The number of hydrogen-bond donors (Lipinski definition) is 6. The van der Waals surface area contributed by atoms with Gasteiger partial charge in [-0.25, -0.2) is 19.1 Å². The number of thiazole rings is 1. The number of pyridine rings is 1. The maximum Gasteiger partial charge on any atom is 0.352 e. The van der Waals surface area contributed by atoms with Crippen molar-refractivity contribution in [2.75, 3.05) is 11.5 Å². The van der Waals surface area contributed by atoms with Crippen LogP contribution in [0.15, 0.2) is 77.5 Å². The van der Waals surface area contributed by atoms with Crippen molar-refractivity contribution in [1.29, 1.82) is 0 Å². The summed E-state index contributed by atoms with van der Waals surface area (Å²) in [5, 5.41) is 45.0. The van der Waals surface area contributed by atoms with E-state index in [-0.39, 0.29) is 34.1 Å². The smallest absolute Gasteiger partial charge is 0.352 e. The molecule has 4 heterocycles. The van der Waals surface area contributed by atoms with Gasteiger partial charge in [-0.2, -0.15) is 0 Å². The molecule has 5 rings (SSSR count). The van der Waals surface area contributed by atoms with Gasteiger partial charge in [0, 0.05) is 29.6 Å². The molecule has 17 heteroatoms. The van der Waals surface area contributed by atoms with Crippen molar-refractivity contribution in [3.05, 3.63) is 88.3 Å². The predicted molar refractivity (Wildman–Crippen MR) is 165 cm³/mol. The fourth-order valence-corrected chi connectivity index (χ4v) is 6.71. The van der Waals surface area contributed by atoms with Crippen molar-refractivity contribution in [2.24, 2.45) is 5.16 Å². The summed E-state index contributed by atoms with van der Waals surface area (Å²) in [6.07, 6.45) is 8.23. The minimum absolute atomic E-state index is 0.00368. The molecule has 238 valence electrons. The Morgan fingerprint density at radius 1 is 1.15 bits per heavy atom. The standard InChI is InChI=1S/C29H26N6O9S2/c30-29-31-12-21(46-29)18(33-44-13-16-9-19(36)20(37)10-17(16)27(40)41)11-22(38)32-23-25(39)35-24(28(42)43)15(14-45-26(23)35)5-4-8-34-6-2-1-3-7-34/h1-7,9-10,12,23,26H,8,11,13-14H2,(H6-,30,31,32,33,36,37,38,40,41,42,43)/p+1/b5-4+. The highest BCUT2D eigenvalue weighted by atomic mass is 32.2. The number of aromatic nitrogens is 2. The van der Waals surface area contributed by atoms with Crippen molar-refractivity contribution in [1.82, 2.24) is 15.2 Å². The van der Waals surface area contributed by atoms with E-state index in [1.807, 2.05) is 41.2 Å². The summed E-state index contributed by atoms with van der Waals surface area (Å²) >= 11 is 2.34. The molecule has 15 nitrogen and oxygen atoms in total. The van der Waals surface area contributed by atoms with Crippen LogP contribution < -0.4 is 15.6 Å². The summed E-state index contributed by atoms with van der Waals surface area (Å²) in [6, 6.07) is 6.54. The third kappa shape index (κ3) is 6.94. The first kappa shape index (κ1) is 32.0. The van der Waals surface area contributed by atoms with Crippen LogP contribution in [0.3, 0.4) is 0 Å². The van der Waals surface area contributed by atoms with E-state index >= 15 is 0 Å². The topological polar surface area (TPSA) is 229 Å². The number of fused-ring (bicyclic) bond motifs is 1. The lowest BCUT2D eigenvalue weighted by Crippen LogP contribution is -2.70. The number of nitrogens with two attached hydrogens (primary N) is 1. The second-order valence-electron chi connectivity index (χ2n) is 9.96. The summed E-state index contributed by atoms with van der Waals surface area (Å²) in [6.45, 7) is 0.0733. The number of allylic oxidation sites excluding steroid dienone is 2. The molecule has 0 saturated carbocycles. The summed E-state index contributed by atoms with van der Waals surface area (Å²) < 4.78 is 1.91. The number of carboxylic acids is 2. The molecule has 2 atom stereocenters. The number of thioether (sulfide) groups is 1. The van der Waals surface area contributed by atoms with Gasteiger partial charge in [0.25, 0.3) is 5.91 Å². The number of aromatic carboxylic acids is 1. The number of benzene rings is 1. The Kier molecular flexibility index (Phi) is 9.53. The first-order valence-corrected chi connectivity index (χ1v) is 15.4. The third-order valence-electron chi connectivity index (χ3n) is 6.89. The zero-order valence-electron chi connectivity index (χ0n) is 23.8. The second-order valence-corrected chi connectivity index (χ2v) is 12.1. The van der Waals surface area contributed by atoms with Gasteiger partial charge in [0.2, 0.25) is 5.91 Å². The molecule has 2 aliphatic rings. The third-order valence-corrected chi connectivity index (χ3v) is 9.07. The molecule has 2 amide bonds. The van der Waals surface area contributed by atoms with Crippen LogP contribution in [-0.4, -0.2) is 76.9 Å². The van der Waals surface area contributed by atoms with Gasteiger partial charge in [0.15, 0.2) is 35.6 Å². The number of nitrogens with one attached hydrogen (secondary N) is 1. The van der Waals surface area contributed by atoms with Crippen molar-refractivity contribution in [3.8, 4) is 11.5 Å². The highest BCUT2D eigenvalue weighted by Gasteiger charge is 2.54. The molecule has 3 aromatic rings. The Labute approximate surface area is 268 Å². The molecule has 0 spiro atoms. The Balaban J connectivity index is 1.27. The number of amides is 2. The van der Waals surface area contributed by atoms with Crippen LogP contribution in [0.5, 0.6) is 11.5 Å². The fraction of sp³-hybridized carbons (Fsp3) is 0.207. The molecule has 2 aliphatic heterocycles. The Hall–Kier alpha value is -5.42. The normalized spacial score (nSPS) is 17.9. The molecule has 1 fully saturated rings. The predicted octanol–water partition coefficient (Wildman–Crippen LogP) is 1.43. The van der Waals surface area contributed by atoms with Gasteiger partial charge in [-0.1, -0.05) is 28.6 Å². The van der Waals surface area contributed by atoms with Crippen molar-refractivity contribution in [3.63, 3.8) is 0 Å². The van der Waals surface area contributed by atoms with Gasteiger partial charge >= 0.3 is 11.9 Å². The van der Waals surface area contributed by atoms with Crippen LogP contribution in [0.4, 0.5) is 5.13 Å². The van der Waals surface area contributed by atoms with Crippen molar-refractivity contribution in [2.45, 2.75) is 31.0 Å². The summed E-state index contributed by atoms with van der Waals surface area (Å²) in [5.74, 6) is -4.69. The summed E-state index contributed by atoms with van der Waals surface area (Å²) in [4.78, 5) is 60.8. The monoisotopic (exact) mass is 667 g/mol. The number of phenols is 2. The van der Waals surface area contributed by atoms with Crippen LogP contribution >= 0.6 is 23.1 Å². The largest absolute Gasteiger partial charge is 0.504 e. The molecule has 0 aliphatic carbocycles. The zero-order valence-corrected chi connectivity index (χ0v) is 25.4. The van der Waals surface area contributed by atoms with Gasteiger partial charge in [-0.05, 0) is 23.8 Å². The Morgan fingerprint density at radius 2 is 1.89 bits per heavy atom. The van der Waals surface area contributed by atoms with E-state index in [1.54, 1.807) is 6.08 Å². The molecular formula is C29H27N6O9S2+. The first-order chi connectivity index (χ1) is 22.0. The summed E-state index contributed by atoms with van der Waals surface area (Å²) in [7, 11) is 0. The minimum Gasteiger partial charge on any atom is -0.504 e. The van der Waals surface area contributed by atoms with E-state index in [9.17, 15) is 39.6 Å². The van der Waals surface area contributed by atoms with E-state index in [2.05, 4.69) is 15.5 Å². The number of carboxylic acid groups (broad SMARTS) is 2. The maximum absolute atomic E-state index is 13.1. The second kappa shape index (κ2) is 13.7. The Morgan fingerprint density at radius 3 is 2.57 bits per heavy atom. The number of rotatable bonds is 12. The zero-order chi connectivity index (χ0) is 33.0. The average Bonchev–Trinajstić information content (AvgIpc) is 3.46. The summed E-state index contributed by atoms with van der Waals surface area (Å²) in [5.41, 5.74) is 5.84. The number of hydrogen-bond acceptors (Lipinski definition) is 12. The number of aliphatic carboxylic acids is 1. The molecule has 2 unspecified atom stereocenters. The lowest BCUT2D eigenvalue weighted by atomic mass is 10.0. The van der Waals surface area contributed by atoms with E-state index in [0.717, 1.165) is 23.5 Å². The quantitative estimate of drug-likeness (QED) is 0.0530. The maximum atomic E-state index is 13.1. The lowest BCUT2D eigenvalue weighted by molar-refractivity contribution is -0.687. The molecule has 0 radical (unpaired) electrons. The van der Waals surface area contributed by atoms with E-state index in [0.29, 0.717) is 22.7 Å². The number of anilines is 1. The first-order valence-electron chi connectivity index (χ1n) is 13.5. The fourth-order valence-electron chi connectivity index (χ4n) is 4.72. The molecule has 1 saturated heterocycles. The van der Waals surface area contributed by atoms with Crippen LogP contribution in [0.1, 0.15) is 27.2 Å². The number of carbonyl (C=O) groups excluding carboxylic acids is 2. The van der Waals surface area contributed by atoms with E-state index < -0.39 is 53.3 Å². The number of carbonyl (C=O) groups is 4. The molecule has 2 aromatic heterocycles. The minimum atomic E-state index is -1.37. The van der Waals surface area contributed by atoms with Crippen LogP contribution in [0.2, 0.25) is 0 Å². The Bertz CT molecular complexity index is 1790. The van der Waals surface area contributed by atoms with Gasteiger partial charge < -0.3 is 36.3 Å². The number of aromatic hydroxyl groups is 2. The molecule has 7 N–H and O–H groups in total. The van der Waals surface area contributed by atoms with Crippen molar-refractivity contribution >= 4 is 57.7 Å². The molecule has 1 aromatic carbocycles. The van der Waals surface area contributed by atoms with E-state index in [4.69, 9.17) is 10.6 Å². The molecule has 0 bridgehead atoms. The average molecular weight is 668 g/mol. The SMILES string of the molecule is Nc1ncc(/C(CC(=O)NC2C(=O)N3C(C(=O)O)=C(/C=C/C[n+]4ccccc4)CSC23)=N\OCc2cc(O)c(O)cc2C(=O)O)s1. The molecule has 46 heavy (non-hydrogen) atoms. The number of nitrogens with zero attached hydrogens (tertiary/aromatic N) is 4. The van der Waals surface area contributed by atoms with E-state index in [1.165, 1.54) is 22.9 Å². The highest BCUT2D eigenvalue weighted by molar-refractivity contribution is 8.00. The van der Waals surface area contributed by atoms with Crippen LogP contribution in [0, 0.1) is 0 Å². The van der Waals surface area contributed by atoms with Crippen LogP contribution in [0.25, 0.3) is 0 Å². The number of β-lactam (4-membered cyclic amide) rings is 1. The lowest BCUT2D eigenvalue weighted by Gasteiger charge is -2.49. The number of oxime groups is 1. The van der Waals surface area contributed by atoms with Gasteiger partial charge in [-0.15, -0.1) is 11.8 Å². The van der Waals surface area contributed by atoms with Crippen LogP contribution in [-0.2, 0) is 32.4 Å². The van der Waals surface area contributed by atoms with Crippen molar-refractivity contribution < 1.29 is 49.0 Å². The van der Waals surface area contributed by atoms with Gasteiger partial charge in [-0.3, -0.25) is 14.5 Å². The number of nitrogen functional groups attached to an aromatic ring is 1. The number of phenolic OH excluding ortho intramolecular Hbond substituents is 2. The van der Waals surface area contributed by atoms with Gasteiger partial charge in [0.05, 0.1) is 16.9 Å².